The number of ether oxygens (including phenoxy) is 1. The highest BCUT2D eigenvalue weighted by atomic mass is 16.6. The van der Waals surface area contributed by atoms with E-state index in [4.69, 9.17) is 4.74 Å². The number of aromatic amines is 1. The number of aliphatic hydroxyl groups excluding tert-OH is 1. The Labute approximate surface area is 166 Å². The Hall–Kier alpha value is -3.14. The normalized spacial score (nSPS) is 18.8. The van der Waals surface area contributed by atoms with Gasteiger partial charge in [-0.1, -0.05) is 0 Å². The molecule has 1 saturated heterocycles. The molecule has 1 aliphatic heterocycles. The van der Waals surface area contributed by atoms with Gasteiger partial charge in [-0.05, 0) is 32.0 Å². The number of fused-ring (bicyclic) bond motifs is 1. The minimum Gasteiger partial charge on any atom is -0.450 e. The van der Waals surface area contributed by atoms with Crippen molar-refractivity contribution in [2.45, 2.75) is 26.4 Å². The van der Waals surface area contributed by atoms with Crippen molar-refractivity contribution in [1.29, 1.82) is 0 Å². The van der Waals surface area contributed by atoms with Crippen LogP contribution >= 0.6 is 0 Å². The highest BCUT2D eigenvalue weighted by Crippen LogP contribution is 2.19. The molecular weight excluding hydrogens is 380 g/mol. The number of carbonyl (C=O) groups excluding carboxylic acids is 2. The zero-order chi connectivity index (χ0) is 21.1. The third kappa shape index (κ3) is 4.02. The Morgan fingerprint density at radius 1 is 1.28 bits per heavy atom. The number of aliphatic hydroxyl groups is 1. The van der Waals surface area contributed by atoms with Crippen LogP contribution in [0.2, 0.25) is 0 Å². The molecule has 0 saturated carbocycles. The van der Waals surface area contributed by atoms with Gasteiger partial charge in [0.05, 0.1) is 23.6 Å². The summed E-state index contributed by atoms with van der Waals surface area (Å²) in [5, 5.41) is 12.7. The quantitative estimate of drug-likeness (QED) is 0.637. The summed E-state index contributed by atoms with van der Waals surface area (Å²) in [6.45, 7) is 4.20. The van der Waals surface area contributed by atoms with Gasteiger partial charge in [-0.25, -0.2) is 9.59 Å². The van der Waals surface area contributed by atoms with Gasteiger partial charge in [-0.3, -0.25) is 14.2 Å². The lowest BCUT2D eigenvalue weighted by molar-refractivity contribution is 0.0918. The molecule has 2 aromatic rings. The first-order chi connectivity index (χ1) is 13.9. The van der Waals surface area contributed by atoms with Crippen LogP contribution in [0.5, 0.6) is 0 Å². The predicted molar refractivity (Wildman–Crippen MR) is 105 cm³/mol. The van der Waals surface area contributed by atoms with Crippen LogP contribution in [-0.2, 0) is 11.3 Å². The summed E-state index contributed by atoms with van der Waals surface area (Å²) in [5.74, 6) is -0.748. The van der Waals surface area contributed by atoms with Gasteiger partial charge in [-0.15, -0.1) is 0 Å². The van der Waals surface area contributed by atoms with E-state index in [2.05, 4.69) is 10.3 Å². The number of likely N-dealkylation sites (tertiary alicyclic amines) is 1. The predicted octanol–water partition coefficient (Wildman–Crippen LogP) is -0.111. The first-order valence-corrected chi connectivity index (χ1v) is 9.49. The van der Waals surface area contributed by atoms with Crippen molar-refractivity contribution >= 4 is 22.9 Å². The van der Waals surface area contributed by atoms with Gasteiger partial charge in [0.2, 0.25) is 0 Å². The van der Waals surface area contributed by atoms with Crippen molar-refractivity contribution in [2.75, 3.05) is 26.3 Å². The fraction of sp³-hybridized carbons (Fsp3) is 0.474. The molecule has 2 atom stereocenters. The van der Waals surface area contributed by atoms with Crippen molar-refractivity contribution in [1.82, 2.24) is 19.8 Å². The number of hydrogen-bond acceptors (Lipinski definition) is 6. The lowest BCUT2D eigenvalue weighted by Crippen LogP contribution is -2.42. The Morgan fingerprint density at radius 2 is 2.03 bits per heavy atom. The molecule has 0 aliphatic carbocycles. The number of rotatable bonds is 5. The Bertz CT molecular complexity index is 1040. The summed E-state index contributed by atoms with van der Waals surface area (Å²) in [7, 11) is 0. The number of amides is 2. The summed E-state index contributed by atoms with van der Waals surface area (Å²) < 4.78 is 6.05. The van der Waals surface area contributed by atoms with Gasteiger partial charge in [0.15, 0.2) is 0 Å². The summed E-state index contributed by atoms with van der Waals surface area (Å²) >= 11 is 0. The number of carbonyl (C=O) groups is 2. The van der Waals surface area contributed by atoms with Crippen molar-refractivity contribution in [2.24, 2.45) is 5.92 Å². The van der Waals surface area contributed by atoms with Crippen LogP contribution in [0, 0.1) is 5.92 Å². The summed E-state index contributed by atoms with van der Waals surface area (Å²) in [4.78, 5) is 53.0. The highest BCUT2D eigenvalue weighted by molar-refractivity contribution is 5.97. The molecule has 3 rings (SSSR count). The summed E-state index contributed by atoms with van der Waals surface area (Å²) in [6, 6.07) is 4.00. The van der Waals surface area contributed by atoms with Crippen LogP contribution in [0.3, 0.4) is 0 Å². The van der Waals surface area contributed by atoms with Crippen LogP contribution in [0.1, 0.15) is 24.2 Å². The largest absolute Gasteiger partial charge is 0.450 e. The molecule has 0 radical (unpaired) electrons. The number of aromatic nitrogens is 2. The first kappa shape index (κ1) is 20.6. The Morgan fingerprint density at radius 3 is 2.69 bits per heavy atom. The van der Waals surface area contributed by atoms with E-state index in [1.54, 1.807) is 13.8 Å². The van der Waals surface area contributed by atoms with Gasteiger partial charge in [-0.2, -0.15) is 0 Å². The summed E-state index contributed by atoms with van der Waals surface area (Å²) in [6.07, 6.45) is -0.488. The van der Waals surface area contributed by atoms with Crippen LogP contribution in [0.15, 0.2) is 27.8 Å². The number of nitrogens with one attached hydrogen (secondary N) is 2. The highest BCUT2D eigenvalue weighted by Gasteiger charge is 2.36. The molecule has 1 aromatic heterocycles. The average Bonchev–Trinajstić information content (AvgIpc) is 3.11. The van der Waals surface area contributed by atoms with E-state index >= 15 is 0 Å². The topological polar surface area (TPSA) is 134 Å². The third-order valence-corrected chi connectivity index (χ3v) is 5.08. The fourth-order valence-electron chi connectivity index (χ4n) is 3.52. The van der Waals surface area contributed by atoms with E-state index in [9.17, 15) is 24.3 Å². The summed E-state index contributed by atoms with van der Waals surface area (Å²) in [5.41, 5.74) is -0.424. The standard InChI is InChI=1S/C19H24N4O6/c1-3-23-17(26)13-6-5-11(7-14(13)21-18(23)27)16(25)20-15-9-22(8-12(15)10-24)19(28)29-4-2/h5-7,12,15,24H,3-4,8-10H2,1-2H3,(H,20,25)(H,21,27)/t12-,15-/m0/s1. The van der Waals surface area contributed by atoms with E-state index in [0.717, 1.165) is 4.57 Å². The van der Waals surface area contributed by atoms with E-state index < -0.39 is 29.3 Å². The number of benzene rings is 1. The van der Waals surface area contributed by atoms with Crippen molar-refractivity contribution in [3.8, 4) is 0 Å². The molecule has 2 heterocycles. The van der Waals surface area contributed by atoms with E-state index in [1.165, 1.54) is 23.1 Å². The molecule has 29 heavy (non-hydrogen) atoms. The molecule has 1 aromatic carbocycles. The Balaban J connectivity index is 1.81. The zero-order valence-electron chi connectivity index (χ0n) is 16.3. The second kappa shape index (κ2) is 8.48. The fourth-order valence-corrected chi connectivity index (χ4v) is 3.52. The maximum absolute atomic E-state index is 12.7. The second-order valence-electron chi connectivity index (χ2n) is 6.87. The van der Waals surface area contributed by atoms with Crippen molar-refractivity contribution in [3.05, 3.63) is 44.6 Å². The lowest BCUT2D eigenvalue weighted by atomic mass is 10.0. The van der Waals surface area contributed by atoms with Crippen LogP contribution in [-0.4, -0.2) is 63.9 Å². The molecule has 1 fully saturated rings. The van der Waals surface area contributed by atoms with E-state index in [-0.39, 0.29) is 49.8 Å². The molecule has 10 nitrogen and oxygen atoms in total. The number of H-pyrrole nitrogens is 1. The third-order valence-electron chi connectivity index (χ3n) is 5.08. The van der Waals surface area contributed by atoms with Gasteiger partial charge < -0.3 is 25.0 Å². The molecule has 0 spiro atoms. The molecule has 3 N–H and O–H groups in total. The van der Waals surface area contributed by atoms with Crippen molar-refractivity contribution in [3.63, 3.8) is 0 Å². The van der Waals surface area contributed by atoms with E-state index in [0.29, 0.717) is 5.39 Å². The van der Waals surface area contributed by atoms with Gasteiger partial charge >= 0.3 is 11.8 Å². The molecular formula is C19H24N4O6. The van der Waals surface area contributed by atoms with Gasteiger partial charge in [0.25, 0.3) is 11.5 Å². The van der Waals surface area contributed by atoms with Crippen molar-refractivity contribution < 1.29 is 19.4 Å². The Kier molecular flexibility index (Phi) is 6.02. The van der Waals surface area contributed by atoms with Crippen LogP contribution < -0.4 is 16.6 Å². The molecule has 156 valence electrons. The zero-order valence-corrected chi connectivity index (χ0v) is 16.3. The van der Waals surface area contributed by atoms with Gasteiger partial charge in [0, 0.05) is 37.7 Å². The molecule has 10 heteroatoms. The van der Waals surface area contributed by atoms with Crippen LogP contribution in [0.25, 0.3) is 10.9 Å². The maximum Gasteiger partial charge on any atom is 0.409 e. The van der Waals surface area contributed by atoms with E-state index in [1.807, 2.05) is 0 Å². The number of nitrogens with zero attached hydrogens (tertiary/aromatic N) is 2. The van der Waals surface area contributed by atoms with Crippen LogP contribution in [0.4, 0.5) is 4.79 Å². The minimum atomic E-state index is -0.538. The molecule has 0 bridgehead atoms. The smallest absolute Gasteiger partial charge is 0.409 e. The lowest BCUT2D eigenvalue weighted by Gasteiger charge is -2.18. The maximum atomic E-state index is 12.7. The molecule has 2 amide bonds. The second-order valence-corrected chi connectivity index (χ2v) is 6.87. The molecule has 0 unspecified atom stereocenters. The first-order valence-electron chi connectivity index (χ1n) is 9.49. The molecule has 1 aliphatic rings. The monoisotopic (exact) mass is 404 g/mol. The van der Waals surface area contributed by atoms with Gasteiger partial charge in [0.1, 0.15) is 0 Å². The minimum absolute atomic E-state index is 0.192. The SMILES string of the molecule is CCOC(=O)N1C[C@@H](CO)[C@@H](NC(=O)c2ccc3c(=O)n(CC)c(=O)[nH]c3c2)C1. The average molecular weight is 404 g/mol. The number of hydrogen-bond donors (Lipinski definition) is 3.